The minimum atomic E-state index is -0.878. The number of phenolic OH excluding ortho intramolecular Hbond substituents is 2. The van der Waals surface area contributed by atoms with Gasteiger partial charge in [-0.1, -0.05) is 107 Å². The molecule has 0 saturated heterocycles. The average molecular weight is 579 g/mol. The van der Waals surface area contributed by atoms with E-state index in [4.69, 9.17) is 0 Å². The molecule has 0 aliphatic heterocycles. The first kappa shape index (κ1) is 35.2. The molecule has 0 heterocycles. The molecule has 2 aromatic carbocycles. The fraction of sp³-hybridized carbons (Fsp3) is 0.595. The Bertz CT molecular complexity index is 1230. The van der Waals surface area contributed by atoms with Crippen molar-refractivity contribution in [3.05, 3.63) is 57.6 Å². The zero-order chi connectivity index (χ0) is 32.4. The van der Waals surface area contributed by atoms with Gasteiger partial charge in [0, 0.05) is 19.3 Å². The summed E-state index contributed by atoms with van der Waals surface area (Å²) in [5.41, 5.74) is 3.77. The van der Waals surface area contributed by atoms with E-state index in [1.165, 1.54) is 0 Å². The second-order valence-corrected chi connectivity index (χ2v) is 16.0. The Labute approximate surface area is 254 Å². The van der Waals surface area contributed by atoms with Gasteiger partial charge in [-0.05, 0) is 67.9 Å². The molecular weight excluding hydrogens is 524 g/mol. The number of aromatic hydroxyl groups is 2. The van der Waals surface area contributed by atoms with Crippen molar-refractivity contribution in [2.75, 3.05) is 0 Å². The molecule has 232 valence electrons. The van der Waals surface area contributed by atoms with Gasteiger partial charge in [0.05, 0.1) is 5.92 Å². The minimum Gasteiger partial charge on any atom is -0.507 e. The Morgan fingerprint density at radius 2 is 0.952 bits per heavy atom. The average Bonchev–Trinajstić information content (AvgIpc) is 2.82. The van der Waals surface area contributed by atoms with Crippen LogP contribution in [0.25, 0.3) is 0 Å². The van der Waals surface area contributed by atoms with E-state index in [2.05, 4.69) is 41.5 Å². The highest BCUT2D eigenvalue weighted by molar-refractivity contribution is 6.03. The van der Waals surface area contributed by atoms with Gasteiger partial charge in [0.2, 0.25) is 0 Å². The van der Waals surface area contributed by atoms with E-state index in [1.54, 1.807) is 0 Å². The molecule has 2 rings (SSSR count). The molecule has 0 saturated carbocycles. The lowest BCUT2D eigenvalue weighted by atomic mass is 9.76. The van der Waals surface area contributed by atoms with Crippen molar-refractivity contribution in [3.63, 3.8) is 0 Å². The number of hydrogen-bond acceptors (Lipinski definition) is 5. The fourth-order valence-electron chi connectivity index (χ4n) is 5.40. The van der Waals surface area contributed by atoms with Crippen molar-refractivity contribution >= 4 is 17.9 Å². The maximum absolute atomic E-state index is 13.8. The lowest BCUT2D eigenvalue weighted by Crippen LogP contribution is -2.27. The number of benzene rings is 2. The van der Waals surface area contributed by atoms with Gasteiger partial charge in [0.15, 0.2) is 0 Å². The molecule has 2 N–H and O–H groups in total. The summed E-state index contributed by atoms with van der Waals surface area (Å²) < 4.78 is 0. The van der Waals surface area contributed by atoms with Crippen LogP contribution in [0.15, 0.2) is 24.3 Å². The Morgan fingerprint density at radius 3 is 1.29 bits per heavy atom. The molecule has 0 spiro atoms. The highest BCUT2D eigenvalue weighted by Crippen LogP contribution is 2.41. The largest absolute Gasteiger partial charge is 0.507 e. The van der Waals surface area contributed by atoms with Gasteiger partial charge in [0.25, 0.3) is 0 Å². The summed E-state index contributed by atoms with van der Waals surface area (Å²) >= 11 is 0. The Kier molecular flexibility index (Phi) is 10.7. The third-order valence-electron chi connectivity index (χ3n) is 7.96. The summed E-state index contributed by atoms with van der Waals surface area (Å²) in [6.07, 6.45) is 1.66. The van der Waals surface area contributed by atoms with E-state index < -0.39 is 5.92 Å². The van der Waals surface area contributed by atoms with Gasteiger partial charge < -0.3 is 15.0 Å². The standard InChI is InChI=1S/C37H54O5/c1-34(2,3)26-19-23(20-27(32(26)41)35(4,5)6)15-16-31(40)25(30(39)14-13-17-38)18-24-21-28(36(7,8)9)33(42)29(22-24)37(10,11)12/h17,19-22,25,41-42H,13-16,18H2,1-12H3. The van der Waals surface area contributed by atoms with E-state index in [-0.39, 0.29) is 64.7 Å². The predicted octanol–water partition coefficient (Wildman–Crippen LogP) is 8.20. The lowest BCUT2D eigenvalue weighted by Gasteiger charge is -2.29. The summed E-state index contributed by atoms with van der Waals surface area (Å²) in [6.45, 7) is 24.5. The monoisotopic (exact) mass is 578 g/mol. The van der Waals surface area contributed by atoms with Crippen molar-refractivity contribution in [2.24, 2.45) is 5.92 Å². The number of hydrogen-bond donors (Lipinski definition) is 2. The molecule has 1 atom stereocenters. The molecule has 0 bridgehead atoms. The van der Waals surface area contributed by atoms with Crippen molar-refractivity contribution in [2.45, 2.75) is 137 Å². The number of ketones is 2. The second kappa shape index (κ2) is 12.7. The molecule has 2 aromatic rings. The van der Waals surface area contributed by atoms with Gasteiger partial charge in [-0.25, -0.2) is 0 Å². The normalized spacial score (nSPS) is 13.6. The van der Waals surface area contributed by atoms with E-state index >= 15 is 0 Å². The summed E-state index contributed by atoms with van der Waals surface area (Å²) in [4.78, 5) is 38.2. The van der Waals surface area contributed by atoms with Crippen LogP contribution in [-0.2, 0) is 48.9 Å². The molecular formula is C37H54O5. The molecule has 0 amide bonds. The van der Waals surface area contributed by atoms with Gasteiger partial charge in [-0.2, -0.15) is 0 Å². The van der Waals surface area contributed by atoms with Crippen LogP contribution in [0.1, 0.15) is 136 Å². The van der Waals surface area contributed by atoms with Crippen molar-refractivity contribution in [1.29, 1.82) is 0 Å². The predicted molar refractivity (Wildman–Crippen MR) is 172 cm³/mol. The minimum absolute atomic E-state index is 0.0256. The summed E-state index contributed by atoms with van der Waals surface area (Å²) in [6, 6.07) is 7.80. The zero-order valence-corrected chi connectivity index (χ0v) is 28.1. The first-order chi connectivity index (χ1) is 19.0. The van der Waals surface area contributed by atoms with Crippen LogP contribution in [0.5, 0.6) is 11.5 Å². The molecule has 0 aliphatic carbocycles. The van der Waals surface area contributed by atoms with Crippen LogP contribution < -0.4 is 0 Å². The highest BCUT2D eigenvalue weighted by Gasteiger charge is 2.31. The molecule has 5 heteroatoms. The number of aryl methyl sites for hydroxylation is 1. The van der Waals surface area contributed by atoms with Crippen molar-refractivity contribution in [1.82, 2.24) is 0 Å². The van der Waals surface area contributed by atoms with E-state index in [0.29, 0.717) is 18.5 Å². The van der Waals surface area contributed by atoms with Gasteiger partial charge in [-0.15, -0.1) is 0 Å². The molecule has 1 unspecified atom stereocenters. The van der Waals surface area contributed by atoms with Crippen LogP contribution in [0, 0.1) is 5.92 Å². The van der Waals surface area contributed by atoms with Crippen molar-refractivity contribution < 1.29 is 24.6 Å². The van der Waals surface area contributed by atoms with E-state index in [1.807, 2.05) is 65.8 Å². The second-order valence-electron chi connectivity index (χ2n) is 16.0. The maximum atomic E-state index is 13.8. The van der Waals surface area contributed by atoms with Crippen molar-refractivity contribution in [3.8, 4) is 11.5 Å². The summed E-state index contributed by atoms with van der Waals surface area (Å²) in [7, 11) is 0. The van der Waals surface area contributed by atoms with Crippen LogP contribution in [0.2, 0.25) is 0 Å². The van der Waals surface area contributed by atoms with Crippen LogP contribution in [-0.4, -0.2) is 28.1 Å². The van der Waals surface area contributed by atoms with Gasteiger partial charge in [-0.3, -0.25) is 9.59 Å². The smallest absolute Gasteiger partial charge is 0.144 e. The van der Waals surface area contributed by atoms with Crippen LogP contribution >= 0.6 is 0 Å². The number of Topliss-reactive ketones (excluding diaryl/α,β-unsaturated/α-hetero) is 2. The Hall–Kier alpha value is -2.95. The quantitative estimate of drug-likeness (QED) is 0.219. The molecule has 0 radical (unpaired) electrons. The number of carbonyl (C=O) groups is 3. The Morgan fingerprint density at radius 1 is 0.619 bits per heavy atom. The molecule has 5 nitrogen and oxygen atoms in total. The van der Waals surface area contributed by atoms with Gasteiger partial charge in [0.1, 0.15) is 29.4 Å². The molecule has 42 heavy (non-hydrogen) atoms. The number of aldehydes is 1. The number of phenols is 2. The third-order valence-corrected chi connectivity index (χ3v) is 7.96. The zero-order valence-electron chi connectivity index (χ0n) is 28.1. The van der Waals surface area contributed by atoms with E-state index in [9.17, 15) is 24.6 Å². The summed E-state index contributed by atoms with van der Waals surface area (Å²) in [5, 5.41) is 22.2. The van der Waals surface area contributed by atoms with Gasteiger partial charge >= 0.3 is 0 Å². The van der Waals surface area contributed by atoms with E-state index in [0.717, 1.165) is 33.4 Å². The molecule has 0 aromatic heterocycles. The maximum Gasteiger partial charge on any atom is 0.144 e. The fourth-order valence-corrected chi connectivity index (χ4v) is 5.40. The number of rotatable bonds is 10. The van der Waals surface area contributed by atoms with Crippen LogP contribution in [0.4, 0.5) is 0 Å². The van der Waals surface area contributed by atoms with Crippen LogP contribution in [0.3, 0.4) is 0 Å². The first-order valence-electron chi connectivity index (χ1n) is 15.2. The highest BCUT2D eigenvalue weighted by atomic mass is 16.3. The Balaban J connectivity index is 2.52. The SMILES string of the molecule is CC(C)(C)c1cc(CCC(=O)C(Cc2cc(C(C)(C)C)c(O)c(C(C)(C)C)c2)C(=O)CCC=O)cc(C(C)(C)C)c1O. The number of carbonyl (C=O) groups excluding carboxylic acids is 3. The summed E-state index contributed by atoms with van der Waals surface area (Å²) in [5.74, 6) is -0.715. The molecule has 0 fully saturated rings. The first-order valence-corrected chi connectivity index (χ1v) is 15.2. The topological polar surface area (TPSA) is 91.7 Å². The third kappa shape index (κ3) is 8.78. The lowest BCUT2D eigenvalue weighted by molar-refractivity contribution is -0.133. The molecule has 0 aliphatic rings.